The summed E-state index contributed by atoms with van der Waals surface area (Å²) < 4.78 is 5.48. The average Bonchev–Trinajstić information content (AvgIpc) is 2.15. The third kappa shape index (κ3) is 3.47. The summed E-state index contributed by atoms with van der Waals surface area (Å²) in [6, 6.07) is 7.37. The van der Waals surface area contributed by atoms with Gasteiger partial charge in [-0.2, -0.15) is 0 Å². The second-order valence-electron chi connectivity index (χ2n) is 3.41. The molecule has 2 nitrogen and oxygen atoms in total. The van der Waals surface area contributed by atoms with Crippen molar-refractivity contribution in [3.05, 3.63) is 36.4 Å². The molecule has 0 aliphatic carbocycles. The summed E-state index contributed by atoms with van der Waals surface area (Å²) in [6.45, 7) is 5.97. The Kier molecular flexibility index (Phi) is 3.77. The van der Waals surface area contributed by atoms with E-state index in [9.17, 15) is 0 Å². The summed E-state index contributed by atoms with van der Waals surface area (Å²) >= 11 is 0. The third-order valence-corrected chi connectivity index (χ3v) is 1.59. The monoisotopic (exact) mass is 179 g/mol. The molecule has 0 saturated heterocycles. The van der Waals surface area contributed by atoms with Crippen LogP contribution in [0.3, 0.4) is 0 Å². The van der Waals surface area contributed by atoms with Gasteiger partial charge in [0.05, 0.1) is 6.61 Å². The van der Waals surface area contributed by atoms with Gasteiger partial charge in [0.25, 0.3) is 0 Å². The maximum absolute atomic E-state index is 8.76. The second kappa shape index (κ2) is 4.87. The lowest BCUT2D eigenvalue weighted by atomic mass is 10.2. The Morgan fingerprint density at radius 3 is 2.85 bits per heavy atom. The van der Waals surface area contributed by atoms with Gasteiger partial charge in [0.1, 0.15) is 12.4 Å². The Balaban J connectivity index is 2.56. The van der Waals surface area contributed by atoms with E-state index in [0.717, 1.165) is 17.9 Å². The van der Waals surface area contributed by atoms with Crippen LogP contribution in [0, 0.1) is 12.5 Å². The van der Waals surface area contributed by atoms with Crippen LogP contribution in [0.25, 0.3) is 0 Å². The number of benzene rings is 1. The maximum Gasteiger partial charge on any atom is 0.119 e. The molecule has 13 heavy (non-hydrogen) atoms. The van der Waals surface area contributed by atoms with E-state index in [-0.39, 0.29) is 0 Å². The van der Waals surface area contributed by atoms with Crippen molar-refractivity contribution < 1.29 is 9.84 Å². The molecule has 0 fully saturated rings. The van der Waals surface area contributed by atoms with Crippen LogP contribution in [0.2, 0.25) is 0 Å². The molecule has 1 N–H and O–H groups in total. The predicted octanol–water partition coefficient (Wildman–Crippen LogP) is 2.60. The van der Waals surface area contributed by atoms with Crippen molar-refractivity contribution >= 4 is 0 Å². The molecule has 0 atom stereocenters. The lowest BCUT2D eigenvalue weighted by Crippen LogP contribution is -2.04. The zero-order valence-electron chi connectivity index (χ0n) is 8.03. The van der Waals surface area contributed by atoms with E-state index in [1.807, 2.05) is 24.3 Å². The van der Waals surface area contributed by atoms with Gasteiger partial charge in [0.2, 0.25) is 0 Å². The molecule has 0 aromatic heterocycles. The molecule has 0 aliphatic rings. The van der Waals surface area contributed by atoms with Gasteiger partial charge in [-0.15, -0.1) is 0 Å². The highest BCUT2D eigenvalue weighted by molar-refractivity contribution is 5.31. The molecule has 0 spiro atoms. The Morgan fingerprint density at radius 2 is 2.23 bits per heavy atom. The highest BCUT2D eigenvalue weighted by atomic mass is 16.5. The molecule has 1 rings (SSSR count). The Labute approximate surface area is 79.2 Å². The van der Waals surface area contributed by atoms with Crippen LogP contribution in [0.4, 0.5) is 0 Å². The van der Waals surface area contributed by atoms with Crippen LogP contribution in [0.1, 0.15) is 19.4 Å². The van der Waals surface area contributed by atoms with Gasteiger partial charge in [0.15, 0.2) is 0 Å². The number of hydrogen-bond acceptors (Lipinski definition) is 2. The first-order chi connectivity index (χ1) is 6.22. The van der Waals surface area contributed by atoms with E-state index < -0.39 is 0 Å². The fourth-order valence-electron chi connectivity index (χ4n) is 0.948. The number of rotatable bonds is 4. The lowest BCUT2D eigenvalue weighted by Gasteiger charge is -2.08. The molecule has 2 heteroatoms. The van der Waals surface area contributed by atoms with E-state index in [1.165, 1.54) is 0 Å². The molecule has 0 aliphatic heterocycles. The van der Waals surface area contributed by atoms with E-state index in [4.69, 9.17) is 9.84 Å². The van der Waals surface area contributed by atoms with Crippen LogP contribution in [0.5, 0.6) is 5.75 Å². The van der Waals surface area contributed by atoms with Gasteiger partial charge in [-0.3, -0.25) is 0 Å². The topological polar surface area (TPSA) is 29.5 Å². The summed E-state index contributed by atoms with van der Waals surface area (Å²) in [5.74, 6) is 1.32. The number of aliphatic hydroxyl groups excluding tert-OH is 1. The van der Waals surface area contributed by atoms with E-state index >= 15 is 0 Å². The maximum atomic E-state index is 8.76. The summed E-state index contributed by atoms with van der Waals surface area (Å²) in [6.07, 6.45) is 0. The van der Waals surface area contributed by atoms with Crippen molar-refractivity contribution in [2.75, 3.05) is 6.61 Å². The molecule has 1 aromatic rings. The van der Waals surface area contributed by atoms with E-state index in [2.05, 4.69) is 13.8 Å². The largest absolute Gasteiger partial charge is 0.493 e. The predicted molar refractivity (Wildman–Crippen MR) is 52.1 cm³/mol. The number of aliphatic hydroxyl groups is 1. The first-order valence-corrected chi connectivity index (χ1v) is 4.42. The van der Waals surface area contributed by atoms with Crippen molar-refractivity contribution in [3.8, 4) is 5.75 Å². The van der Waals surface area contributed by atoms with Crippen LogP contribution in [-0.4, -0.2) is 11.7 Å². The van der Waals surface area contributed by atoms with Crippen LogP contribution in [-0.2, 0) is 0 Å². The molecule has 0 heterocycles. The van der Waals surface area contributed by atoms with E-state index in [0.29, 0.717) is 12.5 Å². The molecule has 0 bridgehead atoms. The fraction of sp³-hybridized carbons (Fsp3) is 0.364. The molecule has 0 amide bonds. The van der Waals surface area contributed by atoms with Gasteiger partial charge in [-0.1, -0.05) is 26.0 Å². The summed E-state index contributed by atoms with van der Waals surface area (Å²) in [5.41, 5.74) is 0.765. The summed E-state index contributed by atoms with van der Waals surface area (Å²) in [5, 5.41) is 8.76. The number of hydrogen-bond donors (Lipinski definition) is 1. The fourth-order valence-corrected chi connectivity index (χ4v) is 0.948. The highest BCUT2D eigenvalue weighted by Crippen LogP contribution is 2.14. The van der Waals surface area contributed by atoms with Crippen LogP contribution >= 0.6 is 0 Å². The van der Waals surface area contributed by atoms with Gasteiger partial charge < -0.3 is 9.84 Å². The zero-order valence-corrected chi connectivity index (χ0v) is 8.03. The molecule has 1 aromatic carbocycles. The first-order valence-electron chi connectivity index (χ1n) is 4.42. The Bertz CT molecular complexity index is 256. The molecule has 0 unspecified atom stereocenters. The second-order valence-corrected chi connectivity index (χ2v) is 3.41. The summed E-state index contributed by atoms with van der Waals surface area (Å²) in [4.78, 5) is 0. The smallest absolute Gasteiger partial charge is 0.119 e. The SMILES string of the molecule is CC(C)COc1cccc([CH]O)c1. The minimum atomic E-state index is 0.516. The van der Waals surface area contributed by atoms with Crippen molar-refractivity contribution in [1.82, 2.24) is 0 Å². The lowest BCUT2D eigenvalue weighted by molar-refractivity contribution is 0.270. The van der Waals surface area contributed by atoms with Crippen LogP contribution < -0.4 is 4.74 Å². The quantitative estimate of drug-likeness (QED) is 0.769. The molecule has 71 valence electrons. The van der Waals surface area contributed by atoms with Gasteiger partial charge in [-0.05, 0) is 23.6 Å². The molecular weight excluding hydrogens is 164 g/mol. The highest BCUT2D eigenvalue weighted by Gasteiger charge is 1.97. The minimum Gasteiger partial charge on any atom is -0.493 e. The minimum absolute atomic E-state index is 0.516. The zero-order chi connectivity index (χ0) is 9.68. The normalized spacial score (nSPS) is 10.5. The van der Waals surface area contributed by atoms with Gasteiger partial charge in [-0.25, -0.2) is 0 Å². The van der Waals surface area contributed by atoms with Crippen molar-refractivity contribution in [2.45, 2.75) is 13.8 Å². The van der Waals surface area contributed by atoms with Crippen molar-refractivity contribution in [2.24, 2.45) is 5.92 Å². The van der Waals surface area contributed by atoms with E-state index in [1.54, 1.807) is 0 Å². The Hall–Kier alpha value is -1.02. The average molecular weight is 179 g/mol. The standard InChI is InChI=1S/C11H15O2/c1-9(2)8-13-11-5-3-4-10(6-11)7-12/h3-7,9,12H,8H2,1-2H3. The van der Waals surface area contributed by atoms with Crippen LogP contribution in [0.15, 0.2) is 24.3 Å². The Morgan fingerprint density at radius 1 is 1.46 bits per heavy atom. The summed E-state index contributed by atoms with van der Waals surface area (Å²) in [7, 11) is 0. The first kappa shape index (κ1) is 10.1. The van der Waals surface area contributed by atoms with Crippen molar-refractivity contribution in [1.29, 1.82) is 0 Å². The third-order valence-electron chi connectivity index (χ3n) is 1.59. The number of ether oxygens (including phenoxy) is 1. The molecular formula is C11H15O2. The van der Waals surface area contributed by atoms with Crippen molar-refractivity contribution in [3.63, 3.8) is 0 Å². The van der Waals surface area contributed by atoms with Gasteiger partial charge >= 0.3 is 0 Å². The van der Waals surface area contributed by atoms with Gasteiger partial charge in [0, 0.05) is 0 Å². The molecule has 0 saturated carbocycles. The molecule has 1 radical (unpaired) electrons.